The van der Waals surface area contributed by atoms with Gasteiger partial charge in [0.2, 0.25) is 0 Å². The Bertz CT molecular complexity index is 409. The average molecular weight is 246 g/mol. The molecule has 1 rings (SSSR count). The van der Waals surface area contributed by atoms with Gasteiger partial charge in [-0.1, -0.05) is 12.1 Å². The van der Waals surface area contributed by atoms with Gasteiger partial charge in [-0.2, -0.15) is 8.42 Å². The lowest BCUT2D eigenvalue weighted by molar-refractivity contribution is 0.0616. The van der Waals surface area contributed by atoms with Crippen LogP contribution in [0.2, 0.25) is 0 Å². The van der Waals surface area contributed by atoms with Gasteiger partial charge in [0, 0.05) is 7.11 Å². The molecule has 0 fully saturated rings. The van der Waals surface area contributed by atoms with Crippen LogP contribution in [0.1, 0.15) is 5.56 Å². The van der Waals surface area contributed by atoms with Gasteiger partial charge in [0.25, 0.3) is 10.1 Å². The fourth-order valence-electron chi connectivity index (χ4n) is 1.09. The Balaban J connectivity index is 2.52. The molecular formula is C10H14O5S. The molecule has 0 bridgehead atoms. The van der Waals surface area contributed by atoms with Crippen molar-refractivity contribution in [2.45, 2.75) is 11.5 Å². The van der Waals surface area contributed by atoms with E-state index >= 15 is 0 Å². The maximum Gasteiger partial charge on any atom is 0.294 e. The first-order valence-corrected chi connectivity index (χ1v) is 6.11. The van der Waals surface area contributed by atoms with Crippen LogP contribution >= 0.6 is 0 Å². The smallest absolute Gasteiger partial charge is 0.294 e. The van der Waals surface area contributed by atoms with Gasteiger partial charge in [-0.25, -0.2) is 0 Å². The van der Waals surface area contributed by atoms with Gasteiger partial charge >= 0.3 is 0 Å². The molecule has 0 spiro atoms. The highest BCUT2D eigenvalue weighted by Crippen LogP contribution is 2.10. The van der Waals surface area contributed by atoms with Gasteiger partial charge in [-0.3, -0.25) is 4.55 Å². The highest BCUT2D eigenvalue weighted by molar-refractivity contribution is 7.85. The molecule has 5 nitrogen and oxygen atoms in total. The third-order valence-electron chi connectivity index (χ3n) is 1.92. The summed E-state index contributed by atoms with van der Waals surface area (Å²) in [6, 6.07) is 5.86. The first kappa shape index (κ1) is 13.1. The molecule has 0 aliphatic heterocycles. The van der Waals surface area contributed by atoms with E-state index in [9.17, 15) is 8.42 Å². The maximum absolute atomic E-state index is 10.8. The molecule has 0 atom stereocenters. The zero-order chi connectivity index (χ0) is 12.0. The summed E-state index contributed by atoms with van der Waals surface area (Å²) in [4.78, 5) is -0.117. The molecule has 0 radical (unpaired) electrons. The normalized spacial score (nSPS) is 11.6. The molecule has 1 aromatic rings. The molecule has 0 unspecified atom stereocenters. The van der Waals surface area contributed by atoms with Gasteiger partial charge in [0.1, 0.15) is 0 Å². The van der Waals surface area contributed by atoms with Crippen molar-refractivity contribution in [3.8, 4) is 0 Å². The second kappa shape index (κ2) is 5.95. The minimum absolute atomic E-state index is 0.117. The van der Waals surface area contributed by atoms with E-state index in [0.29, 0.717) is 19.8 Å². The van der Waals surface area contributed by atoms with E-state index in [1.807, 2.05) is 0 Å². The number of benzene rings is 1. The average Bonchev–Trinajstić information content (AvgIpc) is 2.24. The number of rotatable bonds is 6. The van der Waals surface area contributed by atoms with Gasteiger partial charge in [0.15, 0.2) is 0 Å². The molecule has 1 N–H and O–H groups in total. The first-order chi connectivity index (χ1) is 7.54. The topological polar surface area (TPSA) is 72.8 Å². The lowest BCUT2D eigenvalue weighted by Gasteiger charge is -2.04. The first-order valence-electron chi connectivity index (χ1n) is 4.67. The summed E-state index contributed by atoms with van der Waals surface area (Å²) in [5, 5.41) is 0. The molecule has 90 valence electrons. The van der Waals surface area contributed by atoms with Crippen molar-refractivity contribution >= 4 is 10.1 Å². The van der Waals surface area contributed by atoms with Gasteiger partial charge < -0.3 is 9.47 Å². The van der Waals surface area contributed by atoms with Gasteiger partial charge in [0.05, 0.1) is 24.7 Å². The summed E-state index contributed by atoms with van der Waals surface area (Å²) in [5.74, 6) is 0. The highest BCUT2D eigenvalue weighted by Gasteiger charge is 2.08. The van der Waals surface area contributed by atoms with E-state index in [4.69, 9.17) is 14.0 Å². The van der Waals surface area contributed by atoms with Crippen molar-refractivity contribution in [1.29, 1.82) is 0 Å². The molecule has 0 heterocycles. The van der Waals surface area contributed by atoms with Crippen LogP contribution in [0, 0.1) is 0 Å². The summed E-state index contributed by atoms with van der Waals surface area (Å²) in [6.07, 6.45) is 0. The largest absolute Gasteiger partial charge is 0.382 e. The molecule has 0 aromatic heterocycles. The standard InChI is InChI=1S/C10H14O5S/c1-14-6-7-15-8-9-2-4-10(5-3-9)16(11,12)13/h2-5H,6-8H2,1H3,(H,11,12,13). The SMILES string of the molecule is COCCOCc1ccc(S(=O)(=O)O)cc1. The van der Waals surface area contributed by atoms with Crippen LogP contribution in [0.25, 0.3) is 0 Å². The fourth-order valence-corrected chi connectivity index (χ4v) is 1.57. The fraction of sp³-hybridized carbons (Fsp3) is 0.400. The second-order valence-corrected chi connectivity index (χ2v) is 4.59. The summed E-state index contributed by atoms with van der Waals surface area (Å²) < 4.78 is 40.3. The van der Waals surface area contributed by atoms with Crippen molar-refractivity contribution in [2.75, 3.05) is 20.3 Å². The van der Waals surface area contributed by atoms with Crippen LogP contribution in [0.4, 0.5) is 0 Å². The molecule has 0 amide bonds. The number of ether oxygens (including phenoxy) is 2. The Kier molecular flexibility index (Phi) is 4.88. The Labute approximate surface area is 94.7 Å². The molecule has 0 aliphatic carbocycles. The Morgan fingerprint density at radius 3 is 2.31 bits per heavy atom. The maximum atomic E-state index is 10.8. The third kappa shape index (κ3) is 4.28. The van der Waals surface area contributed by atoms with Crippen LogP contribution in [-0.2, 0) is 26.2 Å². The van der Waals surface area contributed by atoms with Gasteiger partial charge in [-0.15, -0.1) is 0 Å². The van der Waals surface area contributed by atoms with Crippen molar-refractivity contribution in [2.24, 2.45) is 0 Å². The summed E-state index contributed by atoms with van der Waals surface area (Å²) in [7, 11) is -2.52. The van der Waals surface area contributed by atoms with Crippen molar-refractivity contribution in [3.63, 3.8) is 0 Å². The van der Waals surface area contributed by atoms with Gasteiger partial charge in [-0.05, 0) is 17.7 Å². The van der Waals surface area contributed by atoms with Crippen molar-refractivity contribution in [1.82, 2.24) is 0 Å². The summed E-state index contributed by atoms with van der Waals surface area (Å²) in [5.41, 5.74) is 0.837. The minimum Gasteiger partial charge on any atom is -0.382 e. The molecule has 16 heavy (non-hydrogen) atoms. The van der Waals surface area contributed by atoms with E-state index in [-0.39, 0.29) is 4.90 Å². The van der Waals surface area contributed by atoms with Crippen LogP contribution in [0.15, 0.2) is 29.2 Å². The van der Waals surface area contributed by atoms with Crippen LogP contribution in [0.5, 0.6) is 0 Å². The lowest BCUT2D eigenvalue weighted by Crippen LogP contribution is -2.02. The second-order valence-electron chi connectivity index (χ2n) is 3.16. The Morgan fingerprint density at radius 1 is 1.19 bits per heavy atom. The van der Waals surface area contributed by atoms with E-state index in [1.54, 1.807) is 19.2 Å². The Hall–Kier alpha value is -0.950. The Morgan fingerprint density at radius 2 is 1.81 bits per heavy atom. The molecule has 1 aromatic carbocycles. The minimum atomic E-state index is -4.11. The van der Waals surface area contributed by atoms with E-state index < -0.39 is 10.1 Å². The van der Waals surface area contributed by atoms with Crippen LogP contribution in [-0.4, -0.2) is 33.3 Å². The number of methoxy groups -OCH3 is 1. The van der Waals surface area contributed by atoms with Crippen molar-refractivity contribution in [3.05, 3.63) is 29.8 Å². The quantitative estimate of drug-likeness (QED) is 0.601. The van der Waals surface area contributed by atoms with Crippen LogP contribution in [0.3, 0.4) is 0 Å². The summed E-state index contributed by atoms with van der Waals surface area (Å²) >= 11 is 0. The lowest BCUT2D eigenvalue weighted by atomic mass is 10.2. The van der Waals surface area contributed by atoms with Crippen molar-refractivity contribution < 1.29 is 22.4 Å². The molecule has 0 aliphatic rings. The third-order valence-corrected chi connectivity index (χ3v) is 2.79. The van der Waals surface area contributed by atoms with Crippen LogP contribution < -0.4 is 0 Å². The zero-order valence-corrected chi connectivity index (χ0v) is 9.74. The van der Waals surface area contributed by atoms with E-state index in [0.717, 1.165) is 5.56 Å². The predicted octanol–water partition coefficient (Wildman–Crippen LogP) is 1.10. The molecule has 0 saturated heterocycles. The highest BCUT2D eigenvalue weighted by atomic mass is 32.2. The number of hydrogen-bond donors (Lipinski definition) is 1. The summed E-state index contributed by atoms with van der Waals surface area (Å²) in [6.45, 7) is 1.38. The zero-order valence-electron chi connectivity index (χ0n) is 8.92. The van der Waals surface area contributed by atoms with E-state index in [2.05, 4.69) is 0 Å². The number of hydrogen-bond acceptors (Lipinski definition) is 4. The van der Waals surface area contributed by atoms with E-state index in [1.165, 1.54) is 12.1 Å². The molecule has 0 saturated carbocycles. The predicted molar refractivity (Wildman–Crippen MR) is 57.8 cm³/mol. The monoisotopic (exact) mass is 246 g/mol. The molecular weight excluding hydrogens is 232 g/mol. The molecule has 6 heteroatoms.